The van der Waals surface area contributed by atoms with Crippen LogP contribution in [-0.4, -0.2) is 81.3 Å². The summed E-state index contributed by atoms with van der Waals surface area (Å²) in [7, 11) is 1.85. The molecule has 0 spiro atoms. The molecule has 2 fully saturated rings. The lowest BCUT2D eigenvalue weighted by Crippen LogP contribution is -2.46. The Labute approximate surface area is 257 Å². The molecular formula is C31H37F4N7O3. The van der Waals surface area contributed by atoms with Crippen LogP contribution in [0.2, 0.25) is 0 Å². The SMILES string of the molecule is CCO[C@@H]1CCC[C@H]1n1ccc(C(=O)NCc2nc(-c3cc4c(N[C@@H]5CCN(C)C[C@@H]5F)cccc4n3CC(F)(F)F)no2)c1. The molecule has 1 aliphatic heterocycles. The van der Waals surface area contributed by atoms with E-state index in [1.165, 1.54) is 0 Å². The topological polar surface area (TPSA) is 102 Å². The largest absolute Gasteiger partial charge is 0.406 e. The van der Waals surface area contributed by atoms with Gasteiger partial charge in [-0.3, -0.25) is 4.79 Å². The molecule has 1 amide bonds. The molecule has 0 radical (unpaired) electrons. The summed E-state index contributed by atoms with van der Waals surface area (Å²) < 4.78 is 70.2. The zero-order valence-corrected chi connectivity index (χ0v) is 25.2. The fraction of sp³-hybridized carbons (Fsp3) is 0.516. The number of halogens is 4. The van der Waals surface area contributed by atoms with E-state index in [1.54, 1.807) is 36.5 Å². The number of likely N-dealkylation sites (tertiary alicyclic amines) is 1. The van der Waals surface area contributed by atoms with Gasteiger partial charge in [-0.05, 0) is 63.9 Å². The average Bonchev–Trinajstić information content (AvgIpc) is 3.80. The van der Waals surface area contributed by atoms with Crippen molar-refractivity contribution in [3.05, 3.63) is 54.2 Å². The van der Waals surface area contributed by atoms with Crippen LogP contribution in [0.3, 0.4) is 0 Å². The number of nitrogens with one attached hydrogen (secondary N) is 2. The summed E-state index contributed by atoms with van der Waals surface area (Å²) >= 11 is 0. The van der Waals surface area contributed by atoms with Crippen LogP contribution in [0.15, 0.2) is 47.2 Å². The van der Waals surface area contributed by atoms with Gasteiger partial charge in [-0.25, -0.2) is 4.39 Å². The molecule has 4 atom stereocenters. The molecule has 6 rings (SSSR count). The van der Waals surface area contributed by atoms with Crippen LogP contribution in [0.4, 0.5) is 23.2 Å². The number of rotatable bonds is 10. The molecule has 4 heterocycles. The van der Waals surface area contributed by atoms with E-state index in [1.807, 2.05) is 29.6 Å². The standard InChI is InChI=1S/C31H37F4N7O3/c1-3-44-27-9-5-8-25(27)41-13-10-19(16-41)30(43)36-15-28-38-29(39-45-28)26-14-20-22(37-23-11-12-40(2)17-21(23)32)6-4-7-24(20)42(26)18-31(33,34)35/h4,6-7,10,13-14,16,21,23,25,27,37H,3,5,8-9,11-12,15,17-18H2,1-2H3,(H,36,43)/t21-,23+,25+,27+/m0/s1. The van der Waals surface area contributed by atoms with Crippen LogP contribution >= 0.6 is 0 Å². The van der Waals surface area contributed by atoms with Crippen molar-refractivity contribution in [2.75, 3.05) is 32.1 Å². The quantitative estimate of drug-likeness (QED) is 0.221. The van der Waals surface area contributed by atoms with Gasteiger partial charge in [0.2, 0.25) is 11.7 Å². The van der Waals surface area contributed by atoms with Crippen LogP contribution in [0.1, 0.15) is 54.9 Å². The Bertz CT molecular complexity index is 1630. The first kappa shape index (κ1) is 31.1. The van der Waals surface area contributed by atoms with E-state index >= 15 is 0 Å². The molecule has 0 bridgehead atoms. The number of nitrogens with zero attached hydrogens (tertiary/aromatic N) is 5. The molecule has 45 heavy (non-hydrogen) atoms. The summed E-state index contributed by atoms with van der Waals surface area (Å²) in [6.07, 6.45) is 1.69. The number of ether oxygens (including phenoxy) is 1. The van der Waals surface area contributed by atoms with Gasteiger partial charge in [0.15, 0.2) is 0 Å². The van der Waals surface area contributed by atoms with Crippen LogP contribution in [0, 0.1) is 0 Å². The van der Waals surface area contributed by atoms with Crippen molar-refractivity contribution in [2.45, 2.75) is 76.2 Å². The monoisotopic (exact) mass is 631 g/mol. The van der Waals surface area contributed by atoms with Gasteiger partial charge in [-0.1, -0.05) is 11.2 Å². The highest BCUT2D eigenvalue weighted by Crippen LogP contribution is 2.35. The zero-order chi connectivity index (χ0) is 31.7. The van der Waals surface area contributed by atoms with Gasteiger partial charge in [0.05, 0.1) is 41.5 Å². The molecule has 2 aliphatic rings. The molecule has 1 saturated carbocycles. The van der Waals surface area contributed by atoms with Crippen molar-refractivity contribution in [1.82, 2.24) is 29.5 Å². The molecule has 1 aromatic carbocycles. The molecular weight excluding hydrogens is 594 g/mol. The first-order valence-electron chi connectivity index (χ1n) is 15.3. The summed E-state index contributed by atoms with van der Waals surface area (Å²) in [6, 6.07) is 7.93. The number of piperidine rings is 1. The zero-order valence-electron chi connectivity index (χ0n) is 25.2. The number of anilines is 1. The molecule has 10 nitrogen and oxygen atoms in total. The Morgan fingerprint density at radius 1 is 1.20 bits per heavy atom. The number of carbonyl (C=O) groups is 1. The number of carbonyl (C=O) groups excluding carboxylic acids is 1. The maximum Gasteiger partial charge on any atom is 0.406 e. The van der Waals surface area contributed by atoms with Crippen molar-refractivity contribution < 1.29 is 31.6 Å². The number of hydrogen-bond donors (Lipinski definition) is 2. The van der Waals surface area contributed by atoms with Crippen LogP contribution in [0.5, 0.6) is 0 Å². The third-order valence-corrected chi connectivity index (χ3v) is 8.62. The number of hydrogen-bond acceptors (Lipinski definition) is 7. The lowest BCUT2D eigenvalue weighted by molar-refractivity contribution is -0.139. The molecule has 0 unspecified atom stereocenters. The summed E-state index contributed by atoms with van der Waals surface area (Å²) in [5.74, 6) is -0.358. The Morgan fingerprint density at radius 3 is 2.82 bits per heavy atom. The average molecular weight is 632 g/mol. The highest BCUT2D eigenvalue weighted by molar-refractivity contribution is 5.96. The molecule has 2 N–H and O–H groups in total. The number of fused-ring (bicyclic) bond motifs is 1. The summed E-state index contributed by atoms with van der Waals surface area (Å²) in [6.45, 7) is 2.19. The lowest BCUT2D eigenvalue weighted by atomic mass is 10.0. The summed E-state index contributed by atoms with van der Waals surface area (Å²) in [5.41, 5.74) is 1.38. The van der Waals surface area contributed by atoms with Gasteiger partial charge >= 0.3 is 6.18 Å². The van der Waals surface area contributed by atoms with Gasteiger partial charge in [0, 0.05) is 43.2 Å². The first-order chi connectivity index (χ1) is 21.6. The van der Waals surface area contributed by atoms with Crippen LogP contribution in [-0.2, 0) is 17.8 Å². The van der Waals surface area contributed by atoms with E-state index in [2.05, 4.69) is 20.8 Å². The minimum absolute atomic E-state index is 0.0405. The maximum absolute atomic E-state index is 14.8. The van der Waals surface area contributed by atoms with Gasteiger partial charge < -0.3 is 33.9 Å². The molecule has 1 saturated heterocycles. The van der Waals surface area contributed by atoms with Gasteiger partial charge in [-0.15, -0.1) is 0 Å². The van der Waals surface area contributed by atoms with E-state index in [0.717, 1.165) is 23.8 Å². The third-order valence-electron chi connectivity index (χ3n) is 8.62. The number of alkyl halides is 4. The molecule has 4 aromatic rings. The van der Waals surface area contributed by atoms with Crippen LogP contribution < -0.4 is 10.6 Å². The molecule has 3 aromatic heterocycles. The highest BCUT2D eigenvalue weighted by Gasteiger charge is 2.33. The number of benzene rings is 1. The van der Waals surface area contributed by atoms with E-state index in [0.29, 0.717) is 41.7 Å². The Hall–Kier alpha value is -3.91. The summed E-state index contributed by atoms with van der Waals surface area (Å²) in [4.78, 5) is 19.1. The minimum atomic E-state index is -4.53. The van der Waals surface area contributed by atoms with E-state index < -0.39 is 24.9 Å². The molecule has 242 valence electrons. The van der Waals surface area contributed by atoms with E-state index in [4.69, 9.17) is 9.26 Å². The van der Waals surface area contributed by atoms with E-state index in [-0.39, 0.29) is 48.6 Å². The smallest absolute Gasteiger partial charge is 0.379 e. The second-order valence-electron chi connectivity index (χ2n) is 11.8. The Kier molecular flexibility index (Phi) is 8.87. The summed E-state index contributed by atoms with van der Waals surface area (Å²) in [5, 5.41) is 10.4. The van der Waals surface area contributed by atoms with Gasteiger partial charge in [0.1, 0.15) is 12.7 Å². The fourth-order valence-electron chi connectivity index (χ4n) is 6.46. The molecule has 14 heteroatoms. The maximum atomic E-state index is 14.8. The van der Waals surface area contributed by atoms with Crippen molar-refractivity contribution in [1.29, 1.82) is 0 Å². The Balaban J connectivity index is 1.19. The van der Waals surface area contributed by atoms with Gasteiger partial charge in [-0.2, -0.15) is 18.2 Å². The highest BCUT2D eigenvalue weighted by atomic mass is 19.4. The predicted molar refractivity (Wildman–Crippen MR) is 160 cm³/mol. The van der Waals surface area contributed by atoms with Gasteiger partial charge in [0.25, 0.3) is 5.91 Å². The van der Waals surface area contributed by atoms with Crippen LogP contribution in [0.25, 0.3) is 22.4 Å². The normalized spacial score (nSPS) is 22.7. The van der Waals surface area contributed by atoms with Crippen molar-refractivity contribution in [3.8, 4) is 11.5 Å². The van der Waals surface area contributed by atoms with Crippen molar-refractivity contribution >= 4 is 22.5 Å². The lowest BCUT2D eigenvalue weighted by Gasteiger charge is -2.33. The number of aromatic nitrogens is 4. The second kappa shape index (κ2) is 12.8. The second-order valence-corrected chi connectivity index (χ2v) is 11.8. The van der Waals surface area contributed by atoms with Crippen molar-refractivity contribution in [3.63, 3.8) is 0 Å². The Morgan fingerprint density at radius 2 is 2.04 bits per heavy atom. The predicted octanol–water partition coefficient (Wildman–Crippen LogP) is 5.57. The fourth-order valence-corrected chi connectivity index (χ4v) is 6.46. The molecule has 1 aliphatic carbocycles. The minimum Gasteiger partial charge on any atom is -0.379 e. The van der Waals surface area contributed by atoms with E-state index in [9.17, 15) is 22.4 Å². The first-order valence-corrected chi connectivity index (χ1v) is 15.3. The van der Waals surface area contributed by atoms with Crippen molar-refractivity contribution in [2.24, 2.45) is 0 Å². The number of amides is 1. The third kappa shape index (κ3) is 6.86.